The van der Waals surface area contributed by atoms with E-state index in [1.165, 1.54) is 7.11 Å². The molecule has 1 aliphatic carbocycles. The van der Waals surface area contributed by atoms with Gasteiger partial charge in [-0.15, -0.1) is 0 Å². The second kappa shape index (κ2) is 9.94. The Morgan fingerprint density at radius 1 is 0.971 bits per heavy atom. The van der Waals surface area contributed by atoms with E-state index < -0.39 is 29.9 Å². The molecule has 0 bridgehead atoms. The first-order valence-corrected chi connectivity index (χ1v) is 11.2. The number of ether oxygens (including phenoxy) is 2. The van der Waals surface area contributed by atoms with Gasteiger partial charge in [-0.2, -0.15) is 0 Å². The molecular weight excluding hydrogens is 438 g/mol. The number of hydrogen-bond donors (Lipinski definition) is 1. The standard InChI is InChI=1S/C25H27N3O6/c1-33-20-13-11-19(12-14-20)28-23(30)21(27(25(28)32)18-5-3-4-6-18)15-22(29)26-17-9-7-16(8-10-17)24(31)34-2/h7-14,18,21H,3-6,15H2,1-2H3,(H,26,29). The van der Waals surface area contributed by atoms with Crippen molar-refractivity contribution in [3.63, 3.8) is 0 Å². The fourth-order valence-corrected chi connectivity index (χ4v) is 4.55. The summed E-state index contributed by atoms with van der Waals surface area (Å²) in [6.45, 7) is 0. The van der Waals surface area contributed by atoms with Crippen LogP contribution >= 0.6 is 0 Å². The summed E-state index contributed by atoms with van der Waals surface area (Å²) in [6.07, 6.45) is 3.42. The third-order valence-corrected chi connectivity index (χ3v) is 6.27. The number of amides is 4. The van der Waals surface area contributed by atoms with Gasteiger partial charge in [-0.25, -0.2) is 14.5 Å². The molecule has 178 valence electrons. The largest absolute Gasteiger partial charge is 0.497 e. The van der Waals surface area contributed by atoms with Crippen LogP contribution in [0.4, 0.5) is 16.2 Å². The van der Waals surface area contributed by atoms with Gasteiger partial charge in [0.15, 0.2) is 0 Å². The van der Waals surface area contributed by atoms with Crippen LogP contribution in [0.5, 0.6) is 5.75 Å². The smallest absolute Gasteiger partial charge is 0.337 e. The summed E-state index contributed by atoms with van der Waals surface area (Å²) < 4.78 is 9.84. The molecule has 1 atom stereocenters. The molecule has 9 nitrogen and oxygen atoms in total. The van der Waals surface area contributed by atoms with Gasteiger partial charge >= 0.3 is 12.0 Å². The predicted octanol–water partition coefficient (Wildman–Crippen LogP) is 3.59. The van der Waals surface area contributed by atoms with E-state index in [-0.39, 0.29) is 12.5 Å². The topological polar surface area (TPSA) is 105 Å². The molecule has 0 radical (unpaired) electrons. The molecule has 4 amide bonds. The first-order valence-electron chi connectivity index (χ1n) is 11.2. The fraction of sp³-hybridized carbons (Fsp3) is 0.360. The number of benzene rings is 2. The van der Waals surface area contributed by atoms with Crippen molar-refractivity contribution in [2.75, 3.05) is 24.4 Å². The Morgan fingerprint density at radius 2 is 1.62 bits per heavy atom. The molecule has 1 aliphatic heterocycles. The first-order chi connectivity index (χ1) is 16.4. The molecule has 0 spiro atoms. The molecule has 2 aromatic rings. The summed E-state index contributed by atoms with van der Waals surface area (Å²) in [5.74, 6) is -0.668. The van der Waals surface area contributed by atoms with Gasteiger partial charge in [0.25, 0.3) is 5.91 Å². The van der Waals surface area contributed by atoms with Crippen LogP contribution in [0.15, 0.2) is 48.5 Å². The van der Waals surface area contributed by atoms with E-state index >= 15 is 0 Å². The number of methoxy groups -OCH3 is 2. The zero-order valence-electron chi connectivity index (χ0n) is 19.2. The van der Waals surface area contributed by atoms with Crippen LogP contribution in [0.1, 0.15) is 42.5 Å². The number of nitrogens with one attached hydrogen (secondary N) is 1. The summed E-state index contributed by atoms with van der Waals surface area (Å²) in [5, 5.41) is 2.75. The number of nitrogens with zero attached hydrogens (tertiary/aromatic N) is 2. The number of esters is 1. The molecule has 1 unspecified atom stereocenters. The number of carbonyl (C=O) groups excluding carboxylic acids is 4. The zero-order valence-corrected chi connectivity index (χ0v) is 19.2. The fourth-order valence-electron chi connectivity index (χ4n) is 4.55. The molecule has 2 aliphatic rings. The predicted molar refractivity (Wildman–Crippen MR) is 125 cm³/mol. The second-order valence-electron chi connectivity index (χ2n) is 8.34. The zero-order chi connectivity index (χ0) is 24.2. The van der Waals surface area contributed by atoms with Gasteiger partial charge in [-0.3, -0.25) is 9.59 Å². The van der Waals surface area contributed by atoms with Crippen molar-refractivity contribution >= 4 is 35.2 Å². The normalized spacial score (nSPS) is 18.4. The molecule has 0 aromatic heterocycles. The third-order valence-electron chi connectivity index (χ3n) is 6.27. The van der Waals surface area contributed by atoms with Gasteiger partial charge < -0.3 is 19.7 Å². The van der Waals surface area contributed by atoms with Crippen molar-refractivity contribution < 1.29 is 28.7 Å². The third kappa shape index (κ3) is 4.59. The van der Waals surface area contributed by atoms with E-state index in [1.54, 1.807) is 60.5 Å². The lowest BCUT2D eigenvalue weighted by Crippen LogP contribution is -2.43. The summed E-state index contributed by atoms with van der Waals surface area (Å²) in [4.78, 5) is 53.9. The lowest BCUT2D eigenvalue weighted by molar-refractivity contribution is -0.124. The maximum absolute atomic E-state index is 13.4. The van der Waals surface area contributed by atoms with Crippen LogP contribution in [0.25, 0.3) is 0 Å². The molecule has 34 heavy (non-hydrogen) atoms. The van der Waals surface area contributed by atoms with Crippen molar-refractivity contribution in [3.8, 4) is 5.75 Å². The minimum atomic E-state index is -0.882. The molecule has 1 N–H and O–H groups in total. The minimum Gasteiger partial charge on any atom is -0.497 e. The van der Waals surface area contributed by atoms with Gasteiger partial charge in [-0.05, 0) is 61.4 Å². The van der Waals surface area contributed by atoms with Crippen molar-refractivity contribution in [2.24, 2.45) is 0 Å². The first kappa shape index (κ1) is 23.3. The van der Waals surface area contributed by atoms with E-state index in [1.807, 2.05) is 0 Å². The van der Waals surface area contributed by atoms with Crippen LogP contribution in [0.2, 0.25) is 0 Å². The monoisotopic (exact) mass is 465 g/mol. The minimum absolute atomic E-state index is 0.0724. The Hall–Kier alpha value is -3.88. The molecule has 4 rings (SSSR count). The van der Waals surface area contributed by atoms with Crippen LogP contribution in [0.3, 0.4) is 0 Å². The second-order valence-corrected chi connectivity index (χ2v) is 8.34. The van der Waals surface area contributed by atoms with Crippen molar-refractivity contribution in [3.05, 3.63) is 54.1 Å². The quantitative estimate of drug-likeness (QED) is 0.495. The number of anilines is 2. The molecule has 2 aromatic carbocycles. The average Bonchev–Trinajstić information content (AvgIpc) is 3.45. The summed E-state index contributed by atoms with van der Waals surface area (Å²) in [7, 11) is 2.84. The van der Waals surface area contributed by atoms with Gasteiger partial charge in [0, 0.05) is 11.7 Å². The molecule has 1 heterocycles. The Bertz CT molecular complexity index is 1080. The lowest BCUT2D eigenvalue weighted by atomic mass is 10.1. The maximum atomic E-state index is 13.4. The molecule has 9 heteroatoms. The number of carbonyl (C=O) groups is 4. The summed E-state index contributed by atoms with van der Waals surface area (Å²) in [6, 6.07) is 11.6. The molecule has 2 fully saturated rings. The van der Waals surface area contributed by atoms with E-state index in [0.717, 1.165) is 30.6 Å². The summed E-state index contributed by atoms with van der Waals surface area (Å²) >= 11 is 0. The average molecular weight is 466 g/mol. The molecule has 1 saturated carbocycles. The van der Waals surface area contributed by atoms with E-state index in [2.05, 4.69) is 10.1 Å². The van der Waals surface area contributed by atoms with Gasteiger partial charge in [0.1, 0.15) is 11.8 Å². The summed E-state index contributed by atoms with van der Waals surface area (Å²) in [5.41, 5.74) is 1.29. The van der Waals surface area contributed by atoms with Crippen LogP contribution in [-0.4, -0.2) is 55.0 Å². The van der Waals surface area contributed by atoms with E-state index in [9.17, 15) is 19.2 Å². The van der Waals surface area contributed by atoms with Gasteiger partial charge in [-0.1, -0.05) is 12.8 Å². The number of imide groups is 1. The molecular formula is C25H27N3O6. The highest BCUT2D eigenvalue weighted by Crippen LogP contribution is 2.34. The van der Waals surface area contributed by atoms with Crippen LogP contribution < -0.4 is 15.0 Å². The van der Waals surface area contributed by atoms with E-state index in [4.69, 9.17) is 4.74 Å². The van der Waals surface area contributed by atoms with Crippen molar-refractivity contribution in [1.29, 1.82) is 0 Å². The number of hydrogen-bond acceptors (Lipinski definition) is 6. The Morgan fingerprint density at radius 3 is 2.21 bits per heavy atom. The van der Waals surface area contributed by atoms with Gasteiger partial charge in [0.2, 0.25) is 5.91 Å². The molecule has 1 saturated heterocycles. The highest BCUT2D eigenvalue weighted by atomic mass is 16.5. The SMILES string of the molecule is COC(=O)c1ccc(NC(=O)CC2C(=O)N(c3ccc(OC)cc3)C(=O)N2C2CCCC2)cc1. The number of rotatable bonds is 7. The Balaban J connectivity index is 1.52. The van der Waals surface area contributed by atoms with Crippen LogP contribution in [0, 0.1) is 0 Å². The maximum Gasteiger partial charge on any atom is 0.337 e. The highest BCUT2D eigenvalue weighted by molar-refractivity contribution is 6.22. The van der Waals surface area contributed by atoms with Crippen LogP contribution in [-0.2, 0) is 14.3 Å². The van der Waals surface area contributed by atoms with Crippen molar-refractivity contribution in [2.45, 2.75) is 44.2 Å². The van der Waals surface area contributed by atoms with E-state index in [0.29, 0.717) is 22.7 Å². The Kier molecular flexibility index (Phi) is 6.81. The number of urea groups is 1. The lowest BCUT2D eigenvalue weighted by Gasteiger charge is -2.27. The highest BCUT2D eigenvalue weighted by Gasteiger charge is 2.49. The van der Waals surface area contributed by atoms with Crippen molar-refractivity contribution in [1.82, 2.24) is 4.90 Å². The van der Waals surface area contributed by atoms with Gasteiger partial charge in [0.05, 0.1) is 31.9 Å². The Labute approximate surface area is 197 Å².